The van der Waals surface area contributed by atoms with Crippen molar-refractivity contribution in [1.82, 2.24) is 5.32 Å². The number of halogens is 1. The Morgan fingerprint density at radius 3 is 2.20 bits per heavy atom. The zero-order valence-corrected chi connectivity index (χ0v) is 13.3. The normalized spacial score (nSPS) is 43.7. The van der Waals surface area contributed by atoms with Crippen LogP contribution >= 0.6 is 12.4 Å². The van der Waals surface area contributed by atoms with Gasteiger partial charge in [-0.2, -0.15) is 0 Å². The first-order valence-corrected chi connectivity index (χ1v) is 8.21. The summed E-state index contributed by atoms with van der Waals surface area (Å²) in [4.78, 5) is 12.5. The van der Waals surface area contributed by atoms with Gasteiger partial charge in [-0.25, -0.2) is 0 Å². The Balaban J connectivity index is 0.00000147. The van der Waals surface area contributed by atoms with Crippen LogP contribution in [0.4, 0.5) is 0 Å². The van der Waals surface area contributed by atoms with Gasteiger partial charge in [-0.3, -0.25) is 4.79 Å². The molecule has 116 valence electrons. The summed E-state index contributed by atoms with van der Waals surface area (Å²) in [6, 6.07) is 0.797. The fourth-order valence-corrected chi connectivity index (χ4v) is 4.66. The highest BCUT2D eigenvalue weighted by molar-refractivity contribution is 5.85. The Labute approximate surface area is 128 Å². The molecule has 3 nitrogen and oxygen atoms in total. The lowest BCUT2D eigenvalue weighted by molar-refractivity contribution is -0.128. The Bertz CT molecular complexity index is 335. The van der Waals surface area contributed by atoms with E-state index >= 15 is 0 Å². The molecular formula is C16H29ClN2O. The van der Waals surface area contributed by atoms with E-state index in [9.17, 15) is 4.79 Å². The molecule has 0 aliphatic heterocycles. The van der Waals surface area contributed by atoms with E-state index in [1.807, 2.05) is 0 Å². The van der Waals surface area contributed by atoms with Crippen LogP contribution in [0.1, 0.15) is 58.3 Å². The third-order valence-corrected chi connectivity index (χ3v) is 5.97. The minimum absolute atomic E-state index is 0. The molecule has 0 spiro atoms. The van der Waals surface area contributed by atoms with Crippen molar-refractivity contribution in [1.29, 1.82) is 0 Å². The van der Waals surface area contributed by atoms with E-state index < -0.39 is 0 Å². The van der Waals surface area contributed by atoms with E-state index in [2.05, 4.69) is 12.2 Å². The second kappa shape index (κ2) is 6.65. The van der Waals surface area contributed by atoms with Crippen molar-refractivity contribution in [3.8, 4) is 0 Å². The number of hydrogen-bond acceptors (Lipinski definition) is 2. The molecule has 4 atom stereocenters. The number of nitrogens with one attached hydrogen (secondary N) is 1. The van der Waals surface area contributed by atoms with Crippen molar-refractivity contribution in [3.05, 3.63) is 0 Å². The lowest BCUT2D eigenvalue weighted by Crippen LogP contribution is -2.50. The molecule has 3 aliphatic carbocycles. The first-order valence-electron chi connectivity index (χ1n) is 8.21. The average Bonchev–Trinajstić information content (AvgIpc) is 2.74. The van der Waals surface area contributed by atoms with E-state index in [-0.39, 0.29) is 18.3 Å². The van der Waals surface area contributed by atoms with Crippen LogP contribution in [0.2, 0.25) is 0 Å². The van der Waals surface area contributed by atoms with Gasteiger partial charge in [0.2, 0.25) is 5.91 Å². The smallest absolute Gasteiger partial charge is 0.223 e. The third kappa shape index (κ3) is 3.14. The topological polar surface area (TPSA) is 55.1 Å². The number of carbonyl (C=O) groups excluding carboxylic acids is 1. The summed E-state index contributed by atoms with van der Waals surface area (Å²) in [5.74, 6) is 2.42. The molecule has 20 heavy (non-hydrogen) atoms. The number of amides is 1. The van der Waals surface area contributed by atoms with Gasteiger partial charge < -0.3 is 11.1 Å². The number of carbonyl (C=O) groups is 1. The van der Waals surface area contributed by atoms with Gasteiger partial charge in [0.05, 0.1) is 0 Å². The molecule has 4 heteroatoms. The number of nitrogens with two attached hydrogens (primary N) is 1. The molecule has 3 aliphatic rings. The van der Waals surface area contributed by atoms with Crippen LogP contribution in [-0.4, -0.2) is 18.0 Å². The Morgan fingerprint density at radius 2 is 1.65 bits per heavy atom. The van der Waals surface area contributed by atoms with E-state index in [0.29, 0.717) is 35.7 Å². The molecule has 0 saturated heterocycles. The first-order chi connectivity index (χ1) is 9.15. The number of rotatable bonds is 2. The second-order valence-electron chi connectivity index (χ2n) is 7.22. The van der Waals surface area contributed by atoms with Crippen molar-refractivity contribution in [3.63, 3.8) is 0 Å². The molecule has 0 aromatic rings. The van der Waals surface area contributed by atoms with Gasteiger partial charge in [0.1, 0.15) is 0 Å². The van der Waals surface area contributed by atoms with Crippen LogP contribution in [0.15, 0.2) is 0 Å². The maximum Gasteiger partial charge on any atom is 0.223 e. The number of fused-ring (bicyclic) bond motifs is 2. The predicted octanol–water partition coefficient (Wildman–Crippen LogP) is 2.87. The lowest BCUT2D eigenvalue weighted by Gasteiger charge is -2.43. The van der Waals surface area contributed by atoms with E-state index in [0.717, 1.165) is 12.8 Å². The molecule has 0 radical (unpaired) electrons. The second-order valence-corrected chi connectivity index (χ2v) is 7.22. The molecule has 3 N–H and O–H groups in total. The zero-order chi connectivity index (χ0) is 13.4. The predicted molar refractivity (Wildman–Crippen MR) is 83.7 cm³/mol. The van der Waals surface area contributed by atoms with Gasteiger partial charge in [-0.1, -0.05) is 19.8 Å². The molecule has 3 saturated carbocycles. The molecule has 4 unspecified atom stereocenters. The van der Waals surface area contributed by atoms with Gasteiger partial charge >= 0.3 is 0 Å². The van der Waals surface area contributed by atoms with E-state index in [1.54, 1.807) is 0 Å². The molecule has 0 aromatic heterocycles. The highest BCUT2D eigenvalue weighted by Gasteiger charge is 2.41. The SMILES string of the molecule is CC1CCCC1NC(=O)C1CC2CCCC(C1)C2N.Cl. The Hall–Kier alpha value is -0.280. The van der Waals surface area contributed by atoms with Gasteiger partial charge in [-0.05, 0) is 56.3 Å². The van der Waals surface area contributed by atoms with Gasteiger partial charge in [-0.15, -0.1) is 12.4 Å². The summed E-state index contributed by atoms with van der Waals surface area (Å²) in [6.45, 7) is 2.27. The summed E-state index contributed by atoms with van der Waals surface area (Å²) in [7, 11) is 0. The monoisotopic (exact) mass is 300 g/mol. The van der Waals surface area contributed by atoms with Crippen molar-refractivity contribution in [2.24, 2.45) is 29.4 Å². The summed E-state index contributed by atoms with van der Waals surface area (Å²) >= 11 is 0. The maximum atomic E-state index is 12.5. The van der Waals surface area contributed by atoms with Crippen molar-refractivity contribution in [2.45, 2.75) is 70.4 Å². The highest BCUT2D eigenvalue weighted by Crippen LogP contribution is 2.42. The Kier molecular flexibility index (Phi) is 5.36. The standard InChI is InChI=1S/C16H28N2O.ClH/c1-10-4-2-7-14(10)18-16(19)13-8-11-5-3-6-12(9-13)15(11)17;/h10-15H,2-9,17H2,1H3,(H,18,19);1H. The van der Waals surface area contributed by atoms with E-state index in [4.69, 9.17) is 5.73 Å². The van der Waals surface area contributed by atoms with Crippen LogP contribution in [0.25, 0.3) is 0 Å². The van der Waals surface area contributed by atoms with Gasteiger partial charge in [0.15, 0.2) is 0 Å². The largest absolute Gasteiger partial charge is 0.353 e. The van der Waals surface area contributed by atoms with Crippen LogP contribution in [-0.2, 0) is 4.79 Å². The lowest BCUT2D eigenvalue weighted by atomic mass is 9.65. The summed E-state index contributed by atoms with van der Waals surface area (Å²) in [6.07, 6.45) is 9.57. The fraction of sp³-hybridized carbons (Fsp3) is 0.938. The zero-order valence-electron chi connectivity index (χ0n) is 12.5. The van der Waals surface area contributed by atoms with E-state index in [1.165, 1.54) is 38.5 Å². The summed E-state index contributed by atoms with van der Waals surface area (Å²) < 4.78 is 0. The van der Waals surface area contributed by atoms with Gasteiger partial charge in [0, 0.05) is 18.0 Å². The maximum absolute atomic E-state index is 12.5. The van der Waals surface area contributed by atoms with Crippen molar-refractivity contribution >= 4 is 18.3 Å². The van der Waals surface area contributed by atoms with Crippen LogP contribution in [0.5, 0.6) is 0 Å². The fourth-order valence-electron chi connectivity index (χ4n) is 4.66. The Morgan fingerprint density at radius 1 is 1.05 bits per heavy atom. The van der Waals surface area contributed by atoms with Crippen LogP contribution < -0.4 is 11.1 Å². The minimum Gasteiger partial charge on any atom is -0.353 e. The molecule has 0 aromatic carbocycles. The molecule has 3 fully saturated rings. The van der Waals surface area contributed by atoms with Crippen molar-refractivity contribution < 1.29 is 4.79 Å². The minimum atomic E-state index is 0. The van der Waals surface area contributed by atoms with Crippen LogP contribution in [0, 0.1) is 23.7 Å². The number of hydrogen-bond donors (Lipinski definition) is 2. The van der Waals surface area contributed by atoms with Gasteiger partial charge in [0.25, 0.3) is 0 Å². The molecule has 0 heterocycles. The summed E-state index contributed by atoms with van der Waals surface area (Å²) in [5, 5.41) is 3.32. The van der Waals surface area contributed by atoms with Crippen molar-refractivity contribution in [2.75, 3.05) is 0 Å². The van der Waals surface area contributed by atoms with Crippen LogP contribution in [0.3, 0.4) is 0 Å². The molecule has 2 bridgehead atoms. The summed E-state index contributed by atoms with van der Waals surface area (Å²) in [5.41, 5.74) is 6.30. The highest BCUT2D eigenvalue weighted by atomic mass is 35.5. The molecular weight excluding hydrogens is 272 g/mol. The average molecular weight is 301 g/mol. The first kappa shape index (κ1) is 16.1. The quantitative estimate of drug-likeness (QED) is 0.824. The third-order valence-electron chi connectivity index (χ3n) is 5.97. The molecule has 3 rings (SSSR count). The molecule has 1 amide bonds.